The number of hydrogen-bond donors (Lipinski definition) is 2. The van der Waals surface area contributed by atoms with Crippen LogP contribution in [0.25, 0.3) is 10.9 Å². The minimum Gasteiger partial charge on any atom is -0.493 e. The van der Waals surface area contributed by atoms with Crippen LogP contribution in [0.15, 0.2) is 84.5 Å². The van der Waals surface area contributed by atoms with Crippen LogP contribution >= 0.6 is 11.6 Å². The second-order valence-corrected chi connectivity index (χ2v) is 10.9. The highest BCUT2D eigenvalue weighted by atomic mass is 35.5. The third kappa shape index (κ3) is 7.52. The number of nitriles is 1. The van der Waals surface area contributed by atoms with Crippen molar-refractivity contribution in [2.75, 3.05) is 26.0 Å². The van der Waals surface area contributed by atoms with Crippen LogP contribution in [-0.4, -0.2) is 53.4 Å². The SMILES string of the molecule is CCOc1cc2nc(Nc3ccc(OCc4ccccn4)c(Cl)c3)c(C#N)cc2cc1C(/C1=C(\C(N)=O)OC(=O)/C=C\C(=O)O1)N(C)C. The molecule has 5 rings (SSSR count). The smallest absolute Gasteiger partial charge is 0.336 e. The van der Waals surface area contributed by atoms with Gasteiger partial charge in [-0.05, 0) is 63.5 Å². The van der Waals surface area contributed by atoms with Gasteiger partial charge in [-0.15, -0.1) is 0 Å². The minimum atomic E-state index is -1.12. The lowest BCUT2D eigenvalue weighted by Gasteiger charge is -2.29. The number of fused-ring (bicyclic) bond motifs is 1. The number of carbonyl (C=O) groups excluding carboxylic acids is 3. The number of cyclic esters (lactones) is 2. The number of primary amides is 1. The van der Waals surface area contributed by atoms with Crippen molar-refractivity contribution in [3.05, 3.63) is 106 Å². The molecule has 244 valence electrons. The third-order valence-corrected chi connectivity index (χ3v) is 7.23. The van der Waals surface area contributed by atoms with Crippen LogP contribution in [0.3, 0.4) is 0 Å². The molecule has 4 aromatic rings. The molecule has 0 bridgehead atoms. The van der Waals surface area contributed by atoms with Crippen molar-refractivity contribution in [1.29, 1.82) is 5.26 Å². The molecule has 3 heterocycles. The Bertz CT molecular complexity index is 2010. The molecule has 0 saturated heterocycles. The molecule has 0 radical (unpaired) electrons. The molecular weight excluding hydrogens is 640 g/mol. The topological polar surface area (TPSA) is 179 Å². The van der Waals surface area contributed by atoms with Crippen LogP contribution in [0.5, 0.6) is 11.5 Å². The molecule has 1 unspecified atom stereocenters. The number of nitrogens with two attached hydrogens (primary N) is 1. The third-order valence-electron chi connectivity index (χ3n) is 6.94. The average Bonchev–Trinajstić information content (AvgIpc) is 3.05. The first kappa shape index (κ1) is 33.4. The standard InChI is InChI=1S/C34H29ClN6O7/c1-4-45-27-16-25-19(14-23(27)30(41(2)3)31-32(33(37)44)48-29(43)11-10-28(42)47-31)13-20(17-36)34(40-25)39-21-8-9-26(24(35)15-21)46-18-22-7-5-6-12-38-22/h5-16,30H,4,18H2,1-3H3,(H2,37,44)(H,39,40)/b11-10-,32-31-. The molecule has 48 heavy (non-hydrogen) atoms. The maximum Gasteiger partial charge on any atom is 0.336 e. The maximum absolute atomic E-state index is 12.5. The van der Waals surface area contributed by atoms with E-state index < -0.39 is 29.6 Å². The number of nitrogens with zero attached hydrogens (tertiary/aromatic N) is 4. The number of amides is 1. The molecule has 0 aliphatic carbocycles. The van der Waals surface area contributed by atoms with Gasteiger partial charge in [0, 0.05) is 41.1 Å². The number of pyridine rings is 2. The molecule has 13 nitrogen and oxygen atoms in total. The number of rotatable bonds is 11. The van der Waals surface area contributed by atoms with Gasteiger partial charge < -0.3 is 30.0 Å². The highest BCUT2D eigenvalue weighted by Crippen LogP contribution is 2.40. The number of ether oxygens (including phenoxy) is 4. The molecule has 3 N–H and O–H groups in total. The summed E-state index contributed by atoms with van der Waals surface area (Å²) in [7, 11) is 3.32. The van der Waals surface area contributed by atoms with Gasteiger partial charge in [0.05, 0.1) is 28.4 Å². The van der Waals surface area contributed by atoms with Crippen molar-refractivity contribution in [3.63, 3.8) is 0 Å². The fourth-order valence-electron chi connectivity index (χ4n) is 4.88. The van der Waals surface area contributed by atoms with E-state index in [1.807, 2.05) is 18.2 Å². The number of hydrogen-bond acceptors (Lipinski definition) is 12. The van der Waals surface area contributed by atoms with Crippen molar-refractivity contribution < 1.29 is 33.3 Å². The summed E-state index contributed by atoms with van der Waals surface area (Å²) in [5.41, 5.74) is 7.93. The van der Waals surface area contributed by atoms with Crippen LogP contribution in [-0.2, 0) is 30.5 Å². The summed E-state index contributed by atoms with van der Waals surface area (Å²) >= 11 is 6.50. The average molecular weight is 669 g/mol. The van der Waals surface area contributed by atoms with E-state index in [9.17, 15) is 19.6 Å². The first-order chi connectivity index (χ1) is 23.1. The highest BCUT2D eigenvalue weighted by molar-refractivity contribution is 6.32. The van der Waals surface area contributed by atoms with Gasteiger partial charge in [0.2, 0.25) is 5.76 Å². The van der Waals surface area contributed by atoms with Gasteiger partial charge in [0.25, 0.3) is 5.91 Å². The van der Waals surface area contributed by atoms with Crippen LogP contribution < -0.4 is 20.5 Å². The van der Waals surface area contributed by atoms with E-state index in [4.69, 9.17) is 41.3 Å². The van der Waals surface area contributed by atoms with Crippen molar-refractivity contribution >= 4 is 51.9 Å². The Kier molecular flexibility index (Phi) is 10.2. The van der Waals surface area contributed by atoms with Gasteiger partial charge in [-0.25, -0.2) is 14.6 Å². The largest absolute Gasteiger partial charge is 0.493 e. The predicted molar refractivity (Wildman–Crippen MR) is 175 cm³/mol. The monoisotopic (exact) mass is 668 g/mol. The number of likely N-dealkylation sites (N-methyl/N-ethyl adjacent to an activating group) is 1. The molecule has 0 fully saturated rings. The lowest BCUT2D eigenvalue weighted by atomic mass is 9.98. The molecular formula is C34H29ClN6O7. The van der Waals surface area contributed by atoms with E-state index in [0.29, 0.717) is 38.7 Å². The van der Waals surface area contributed by atoms with Crippen LogP contribution in [0.2, 0.25) is 5.02 Å². The Balaban J connectivity index is 1.53. The number of carbonyl (C=O) groups is 3. The number of halogens is 1. The second-order valence-electron chi connectivity index (χ2n) is 10.5. The number of anilines is 2. The fourth-order valence-corrected chi connectivity index (χ4v) is 5.11. The Labute approximate surface area is 280 Å². The molecule has 2 aromatic heterocycles. The first-order valence-corrected chi connectivity index (χ1v) is 14.9. The number of esters is 2. The van der Waals surface area contributed by atoms with Gasteiger partial charge >= 0.3 is 11.9 Å². The number of aromatic nitrogens is 2. The summed E-state index contributed by atoms with van der Waals surface area (Å²) in [5.74, 6) is -2.93. The zero-order valence-corrected chi connectivity index (χ0v) is 26.8. The predicted octanol–water partition coefficient (Wildman–Crippen LogP) is 4.83. The summed E-state index contributed by atoms with van der Waals surface area (Å²) in [4.78, 5) is 47.7. The number of nitrogens with one attached hydrogen (secondary N) is 1. The van der Waals surface area contributed by atoms with Gasteiger partial charge in [0.15, 0.2) is 5.76 Å². The van der Waals surface area contributed by atoms with Crippen LogP contribution in [0.1, 0.15) is 29.8 Å². The van der Waals surface area contributed by atoms with Crippen LogP contribution in [0.4, 0.5) is 11.5 Å². The summed E-state index contributed by atoms with van der Waals surface area (Å²) in [6, 6.07) is 16.7. The lowest BCUT2D eigenvalue weighted by Crippen LogP contribution is -2.31. The van der Waals surface area contributed by atoms with E-state index >= 15 is 0 Å². The number of benzene rings is 2. The molecule has 2 aromatic carbocycles. The first-order valence-electron chi connectivity index (χ1n) is 14.5. The summed E-state index contributed by atoms with van der Waals surface area (Å²) in [5, 5.41) is 14.1. The molecule has 1 atom stereocenters. The van der Waals surface area contributed by atoms with E-state index in [0.717, 1.165) is 17.8 Å². The zero-order chi connectivity index (χ0) is 34.4. The summed E-state index contributed by atoms with van der Waals surface area (Å²) in [6.45, 7) is 2.26. The molecule has 1 amide bonds. The Morgan fingerprint density at radius 1 is 1.06 bits per heavy atom. The van der Waals surface area contributed by atoms with E-state index in [-0.39, 0.29) is 30.4 Å². The molecule has 14 heteroatoms. The zero-order valence-electron chi connectivity index (χ0n) is 26.0. The van der Waals surface area contributed by atoms with Gasteiger partial charge in [-0.1, -0.05) is 17.7 Å². The van der Waals surface area contributed by atoms with Gasteiger partial charge in [-0.2, -0.15) is 5.26 Å². The van der Waals surface area contributed by atoms with E-state index in [1.165, 1.54) is 0 Å². The van der Waals surface area contributed by atoms with Crippen LogP contribution in [0, 0.1) is 11.3 Å². The molecule has 1 aliphatic heterocycles. The van der Waals surface area contributed by atoms with Crippen molar-refractivity contribution in [2.45, 2.75) is 19.6 Å². The van der Waals surface area contributed by atoms with Gasteiger partial charge in [-0.3, -0.25) is 14.7 Å². The molecule has 0 saturated carbocycles. The van der Waals surface area contributed by atoms with E-state index in [1.54, 1.807) is 68.5 Å². The van der Waals surface area contributed by atoms with Gasteiger partial charge in [0.1, 0.15) is 36.0 Å². The molecule has 1 aliphatic rings. The normalized spacial score (nSPS) is 15.8. The van der Waals surface area contributed by atoms with Crippen molar-refractivity contribution in [1.82, 2.24) is 14.9 Å². The second kappa shape index (κ2) is 14.6. The Hall–Kier alpha value is -5.97. The van der Waals surface area contributed by atoms with Crippen molar-refractivity contribution in [3.8, 4) is 17.6 Å². The lowest BCUT2D eigenvalue weighted by molar-refractivity contribution is -0.142. The highest BCUT2D eigenvalue weighted by Gasteiger charge is 2.34. The molecule has 0 spiro atoms. The Morgan fingerprint density at radius 3 is 2.48 bits per heavy atom. The van der Waals surface area contributed by atoms with Crippen molar-refractivity contribution in [2.24, 2.45) is 5.73 Å². The summed E-state index contributed by atoms with van der Waals surface area (Å²) in [6.07, 6.45) is 3.39. The quantitative estimate of drug-likeness (QED) is 0.208. The maximum atomic E-state index is 12.5. The summed E-state index contributed by atoms with van der Waals surface area (Å²) < 4.78 is 22.4. The fraction of sp³-hybridized carbons (Fsp3) is 0.176. The minimum absolute atomic E-state index is 0.208. The van der Waals surface area contributed by atoms with E-state index in [2.05, 4.69) is 16.4 Å². The Morgan fingerprint density at radius 2 is 1.83 bits per heavy atom.